The van der Waals surface area contributed by atoms with Crippen molar-refractivity contribution in [3.8, 4) is 11.5 Å². The number of rotatable bonds is 9. The zero-order chi connectivity index (χ0) is 29.4. The van der Waals surface area contributed by atoms with Gasteiger partial charge in [0.1, 0.15) is 18.1 Å². The zero-order valence-electron chi connectivity index (χ0n) is 22.0. The summed E-state index contributed by atoms with van der Waals surface area (Å²) in [7, 11) is 1.19. The molecule has 3 rings (SSSR count). The van der Waals surface area contributed by atoms with Crippen LogP contribution in [0.1, 0.15) is 26.3 Å². The van der Waals surface area contributed by atoms with Gasteiger partial charge in [-0.3, -0.25) is 19.7 Å². The van der Waals surface area contributed by atoms with Gasteiger partial charge in [-0.05, 0) is 29.8 Å². The molecule has 14 heteroatoms. The molecule has 1 fully saturated rings. The van der Waals surface area contributed by atoms with E-state index in [9.17, 15) is 24.5 Å². The van der Waals surface area contributed by atoms with Crippen molar-refractivity contribution in [1.29, 1.82) is 0 Å². The van der Waals surface area contributed by atoms with Gasteiger partial charge in [0.2, 0.25) is 12.4 Å². The van der Waals surface area contributed by atoms with Gasteiger partial charge in [0.25, 0.3) is 5.69 Å². The number of hydrogen-bond acceptors (Lipinski definition) is 13. The van der Waals surface area contributed by atoms with Crippen LogP contribution in [0.15, 0.2) is 48.5 Å². The van der Waals surface area contributed by atoms with Crippen LogP contribution >= 0.6 is 12.2 Å². The van der Waals surface area contributed by atoms with Crippen LogP contribution in [0.5, 0.6) is 11.5 Å². The van der Waals surface area contributed by atoms with Gasteiger partial charge in [-0.25, -0.2) is 4.79 Å². The maximum Gasteiger partial charge on any atom is 0.358 e. The molecule has 0 N–H and O–H groups in total. The highest BCUT2D eigenvalue weighted by Gasteiger charge is 2.52. The summed E-state index contributed by atoms with van der Waals surface area (Å²) in [5.41, 5.74) is 0.596. The third kappa shape index (κ3) is 8.10. The lowest BCUT2D eigenvalue weighted by atomic mass is 9.90. The van der Waals surface area contributed by atoms with Crippen LogP contribution in [0.3, 0.4) is 0 Å². The van der Waals surface area contributed by atoms with Crippen LogP contribution in [0.4, 0.5) is 5.69 Å². The van der Waals surface area contributed by atoms with E-state index in [0.717, 1.165) is 0 Å². The Labute approximate surface area is 234 Å². The highest BCUT2D eigenvalue weighted by molar-refractivity contribution is 7.79. The fourth-order valence-corrected chi connectivity index (χ4v) is 3.99. The van der Waals surface area contributed by atoms with Crippen LogP contribution in [0.2, 0.25) is 0 Å². The molecule has 1 aliphatic rings. The Morgan fingerprint density at radius 2 is 1.52 bits per heavy atom. The predicted molar refractivity (Wildman–Crippen MR) is 139 cm³/mol. The molecule has 2 aromatic rings. The van der Waals surface area contributed by atoms with E-state index in [1.165, 1.54) is 45.2 Å². The Morgan fingerprint density at radius 1 is 0.950 bits per heavy atom. The lowest BCUT2D eigenvalue weighted by Crippen LogP contribution is -2.60. The van der Waals surface area contributed by atoms with E-state index in [-0.39, 0.29) is 29.0 Å². The number of nitro benzene ring substituents is 1. The molecule has 1 heterocycles. The summed E-state index contributed by atoms with van der Waals surface area (Å²) in [5, 5.41) is 10.6. The van der Waals surface area contributed by atoms with Gasteiger partial charge < -0.3 is 33.2 Å². The van der Waals surface area contributed by atoms with Crippen LogP contribution in [0, 0.1) is 16.0 Å². The van der Waals surface area contributed by atoms with E-state index in [0.29, 0.717) is 5.56 Å². The molecule has 214 valence electrons. The number of methoxy groups -OCH3 is 1. The van der Waals surface area contributed by atoms with Gasteiger partial charge >= 0.3 is 23.1 Å². The molecule has 0 amide bonds. The van der Waals surface area contributed by atoms with E-state index in [2.05, 4.69) is 0 Å². The Balaban J connectivity index is 1.66. The number of carbonyl (C=O) groups is 3. The molecule has 13 nitrogen and oxygen atoms in total. The Hall–Kier alpha value is -4.30. The summed E-state index contributed by atoms with van der Waals surface area (Å²) in [5.74, 6) is -2.16. The molecule has 5 atom stereocenters. The second-order valence-electron chi connectivity index (χ2n) is 8.61. The molecule has 0 spiro atoms. The fraction of sp³-hybridized carbons (Fsp3) is 0.385. The first-order valence-corrected chi connectivity index (χ1v) is 12.3. The van der Waals surface area contributed by atoms with Crippen LogP contribution in [0.25, 0.3) is 0 Å². The Morgan fingerprint density at radius 3 is 2.08 bits per heavy atom. The second-order valence-corrected chi connectivity index (χ2v) is 8.94. The Kier molecular flexibility index (Phi) is 10.3. The summed E-state index contributed by atoms with van der Waals surface area (Å²) in [6, 6.07) is 11.8. The summed E-state index contributed by atoms with van der Waals surface area (Å²) >= 11 is 5.06. The lowest BCUT2D eigenvalue weighted by molar-refractivity contribution is -0.384. The quantitative estimate of drug-likeness (QED) is 0.141. The van der Waals surface area contributed by atoms with Crippen LogP contribution in [-0.2, 0) is 44.7 Å². The van der Waals surface area contributed by atoms with E-state index in [1.807, 2.05) is 0 Å². The summed E-state index contributed by atoms with van der Waals surface area (Å²) in [6.07, 6.45) is -4.68. The monoisotopic (exact) mass is 577 g/mol. The largest absolute Gasteiger partial charge is 0.467 e. The smallest absolute Gasteiger partial charge is 0.358 e. The van der Waals surface area contributed by atoms with Crippen molar-refractivity contribution in [3.63, 3.8) is 0 Å². The molecule has 2 aromatic carbocycles. The van der Waals surface area contributed by atoms with Crippen molar-refractivity contribution in [1.82, 2.24) is 0 Å². The molecular weight excluding hydrogens is 550 g/mol. The van der Waals surface area contributed by atoms with Crippen molar-refractivity contribution in [2.75, 3.05) is 7.11 Å². The number of esters is 3. The van der Waals surface area contributed by atoms with E-state index in [1.54, 1.807) is 31.2 Å². The van der Waals surface area contributed by atoms with Gasteiger partial charge in [0, 0.05) is 44.1 Å². The van der Waals surface area contributed by atoms with E-state index >= 15 is 0 Å². The van der Waals surface area contributed by atoms with Crippen LogP contribution in [-0.4, -0.2) is 59.8 Å². The van der Waals surface area contributed by atoms with Crippen molar-refractivity contribution in [3.05, 3.63) is 64.2 Å². The van der Waals surface area contributed by atoms with Crippen LogP contribution < -0.4 is 9.47 Å². The van der Waals surface area contributed by atoms with Crippen molar-refractivity contribution in [2.45, 2.75) is 52.0 Å². The Bertz CT molecular complexity index is 1230. The molecule has 0 aromatic heterocycles. The first-order chi connectivity index (χ1) is 19.0. The minimum Gasteiger partial charge on any atom is -0.467 e. The highest BCUT2D eigenvalue weighted by Crippen LogP contribution is 2.33. The summed E-state index contributed by atoms with van der Waals surface area (Å²) < 4.78 is 38.1. The molecule has 0 radical (unpaired) electrons. The number of carbonyl (C=O) groups excluding carboxylic acids is 3. The normalized spacial score (nSPS) is 21.9. The lowest BCUT2D eigenvalue weighted by Gasteiger charge is -2.42. The third-order valence-electron chi connectivity index (χ3n) is 5.69. The van der Waals surface area contributed by atoms with E-state index in [4.69, 9.17) is 45.4 Å². The van der Waals surface area contributed by atoms with Gasteiger partial charge in [0.05, 0.1) is 12.0 Å². The SMILES string of the molecule is COC(=O)[C@H]1O[C@@H](Oc2ccc(COC(=S)Oc3ccc([N+](=O)[O-])cc3)cc2)[C@H](OC(C)=O)[C@@H](OC(C)=O)[C@@H]1C. The predicted octanol–water partition coefficient (Wildman–Crippen LogP) is 3.25. The zero-order valence-corrected chi connectivity index (χ0v) is 22.8. The number of non-ortho nitro benzene ring substituents is 1. The molecule has 0 aliphatic carbocycles. The summed E-state index contributed by atoms with van der Waals surface area (Å²) in [6.45, 7) is 4.02. The highest BCUT2D eigenvalue weighted by atomic mass is 32.1. The summed E-state index contributed by atoms with van der Waals surface area (Å²) in [4.78, 5) is 46.2. The van der Waals surface area contributed by atoms with Crippen molar-refractivity contribution in [2.24, 2.45) is 5.92 Å². The fourth-order valence-electron chi connectivity index (χ4n) is 3.84. The third-order valence-corrected chi connectivity index (χ3v) is 5.89. The van der Waals surface area contributed by atoms with Gasteiger partial charge in [-0.15, -0.1) is 0 Å². The standard InChI is InChI=1S/C26H27NO12S/c1-14-21(35-15(2)28)23(36-16(3)29)25(39-22(14)24(30)33-4)37-19-9-5-17(6-10-19)13-34-26(40)38-20-11-7-18(8-12-20)27(31)32/h5-12,14,21-23,25H,13H2,1-4H3/t14-,21-,22-,23+,25+/m0/s1. The van der Waals surface area contributed by atoms with Gasteiger partial charge in [0.15, 0.2) is 12.2 Å². The van der Waals surface area contributed by atoms with Gasteiger partial charge in [-0.2, -0.15) is 0 Å². The molecule has 0 saturated carbocycles. The molecular formula is C26H27NO12S. The number of ether oxygens (including phenoxy) is 7. The molecule has 0 unspecified atom stereocenters. The molecule has 40 heavy (non-hydrogen) atoms. The average molecular weight is 578 g/mol. The first kappa shape index (κ1) is 30.2. The molecule has 1 saturated heterocycles. The minimum atomic E-state index is -1.31. The van der Waals surface area contributed by atoms with E-state index < -0.39 is 53.4 Å². The number of hydrogen-bond donors (Lipinski definition) is 0. The number of thiocarbonyl (C=S) groups is 1. The second kappa shape index (κ2) is 13.7. The number of nitro groups is 1. The van der Waals surface area contributed by atoms with Crippen molar-refractivity contribution >= 4 is 41.0 Å². The topological polar surface area (TPSA) is 159 Å². The number of nitrogens with zero attached hydrogens (tertiary/aromatic N) is 1. The van der Waals surface area contributed by atoms with Crippen molar-refractivity contribution < 1.29 is 52.5 Å². The maximum atomic E-state index is 12.4. The average Bonchev–Trinajstić information content (AvgIpc) is 2.91. The number of benzene rings is 2. The minimum absolute atomic E-state index is 0.0402. The first-order valence-electron chi connectivity index (χ1n) is 11.9. The molecule has 1 aliphatic heterocycles. The van der Waals surface area contributed by atoms with Gasteiger partial charge in [-0.1, -0.05) is 19.1 Å². The maximum absolute atomic E-state index is 12.4. The molecule has 0 bridgehead atoms.